The number of carbonyl (C=O) groups excluding carboxylic acids is 2. The highest BCUT2D eigenvalue weighted by Crippen LogP contribution is 2.11. The van der Waals surface area contributed by atoms with Gasteiger partial charge in [-0.05, 0) is 52.8 Å². The number of aromatic nitrogens is 1. The maximum atomic E-state index is 12.0. The summed E-state index contributed by atoms with van der Waals surface area (Å²) < 4.78 is 0.859. The van der Waals surface area contributed by atoms with Gasteiger partial charge in [0.1, 0.15) is 5.82 Å². The fraction of sp³-hybridized carbons (Fsp3) is 0.235. The van der Waals surface area contributed by atoms with Crippen LogP contribution in [0.25, 0.3) is 0 Å². The average molecular weight is 391 g/mol. The number of halogens is 1. The molecule has 1 aromatic heterocycles. The van der Waals surface area contributed by atoms with Crippen LogP contribution in [-0.2, 0) is 11.3 Å². The van der Waals surface area contributed by atoms with Crippen LogP contribution in [0, 0.1) is 0 Å². The van der Waals surface area contributed by atoms with Crippen LogP contribution in [0.1, 0.15) is 15.9 Å². The third-order valence-corrected chi connectivity index (χ3v) is 3.77. The van der Waals surface area contributed by atoms with E-state index in [0.717, 1.165) is 10.0 Å². The van der Waals surface area contributed by atoms with E-state index < -0.39 is 0 Å². The molecule has 6 nitrogen and oxygen atoms in total. The largest absolute Gasteiger partial charge is 0.355 e. The molecular weight excluding hydrogens is 372 g/mol. The van der Waals surface area contributed by atoms with Gasteiger partial charge in [-0.25, -0.2) is 4.98 Å². The Morgan fingerprint density at radius 1 is 1.17 bits per heavy atom. The maximum absolute atomic E-state index is 12.0. The first-order chi connectivity index (χ1) is 11.5. The molecule has 7 heteroatoms. The number of carbonyl (C=O) groups is 2. The minimum absolute atomic E-state index is 0.115. The van der Waals surface area contributed by atoms with Gasteiger partial charge in [-0.1, -0.05) is 12.1 Å². The minimum atomic E-state index is -0.130. The minimum Gasteiger partial charge on any atom is -0.355 e. The third-order valence-electron chi connectivity index (χ3n) is 3.30. The Balaban J connectivity index is 1.85. The summed E-state index contributed by atoms with van der Waals surface area (Å²) in [4.78, 5) is 29.5. The van der Waals surface area contributed by atoms with Crippen molar-refractivity contribution in [2.75, 3.05) is 26.0 Å². The quantitative estimate of drug-likeness (QED) is 0.793. The van der Waals surface area contributed by atoms with Crippen LogP contribution in [0.5, 0.6) is 0 Å². The lowest BCUT2D eigenvalue weighted by Gasteiger charge is -2.16. The number of benzene rings is 1. The van der Waals surface area contributed by atoms with Crippen molar-refractivity contribution in [3.8, 4) is 0 Å². The van der Waals surface area contributed by atoms with Crippen molar-refractivity contribution in [3.05, 3.63) is 58.2 Å². The number of hydrogen-bond donors (Lipinski definition) is 2. The monoisotopic (exact) mass is 390 g/mol. The molecule has 126 valence electrons. The summed E-state index contributed by atoms with van der Waals surface area (Å²) in [6.45, 7) is 0.851. The summed E-state index contributed by atoms with van der Waals surface area (Å²) >= 11 is 3.30. The average Bonchev–Trinajstić information content (AvgIpc) is 2.56. The zero-order valence-electron chi connectivity index (χ0n) is 13.5. The van der Waals surface area contributed by atoms with Crippen molar-refractivity contribution < 1.29 is 9.59 Å². The van der Waals surface area contributed by atoms with E-state index in [9.17, 15) is 9.59 Å². The van der Waals surface area contributed by atoms with Gasteiger partial charge in [0.25, 0.3) is 5.91 Å². The van der Waals surface area contributed by atoms with Crippen molar-refractivity contribution in [2.45, 2.75) is 6.54 Å². The lowest BCUT2D eigenvalue weighted by atomic mass is 10.1. The molecule has 0 bridgehead atoms. The summed E-state index contributed by atoms with van der Waals surface area (Å²) in [5.41, 5.74) is 1.64. The molecule has 0 fully saturated rings. The first kappa shape index (κ1) is 18.1. The predicted octanol–water partition coefficient (Wildman–Crippen LogP) is 2.27. The van der Waals surface area contributed by atoms with Crippen LogP contribution in [0.2, 0.25) is 0 Å². The van der Waals surface area contributed by atoms with Crippen molar-refractivity contribution in [1.29, 1.82) is 0 Å². The Labute approximate surface area is 149 Å². The molecule has 0 aliphatic heterocycles. The van der Waals surface area contributed by atoms with Crippen LogP contribution in [0.15, 0.2) is 47.1 Å². The number of nitrogens with one attached hydrogen (secondary N) is 2. The van der Waals surface area contributed by atoms with E-state index >= 15 is 0 Å². The lowest BCUT2D eigenvalue weighted by molar-refractivity contribution is -0.117. The van der Waals surface area contributed by atoms with E-state index in [2.05, 4.69) is 31.5 Å². The van der Waals surface area contributed by atoms with Crippen LogP contribution >= 0.6 is 15.9 Å². The molecule has 2 amide bonds. The Morgan fingerprint density at radius 2 is 1.88 bits per heavy atom. The summed E-state index contributed by atoms with van der Waals surface area (Å²) in [7, 11) is 3.46. The highest BCUT2D eigenvalue weighted by molar-refractivity contribution is 9.10. The molecule has 0 radical (unpaired) electrons. The molecule has 2 aromatic rings. The van der Waals surface area contributed by atoms with Crippen LogP contribution in [-0.4, -0.2) is 42.3 Å². The second-order valence-electron chi connectivity index (χ2n) is 5.36. The van der Waals surface area contributed by atoms with E-state index in [1.165, 1.54) is 0 Å². The standard InChI is InChI=1S/C17H19BrN4O2/c1-19-17(24)13-5-3-12(4-6-13)10-22(2)11-16(23)21-15-8-7-14(18)9-20-15/h3-9H,10-11H2,1-2H3,(H,19,24)(H,20,21,23). The molecule has 0 unspecified atom stereocenters. The van der Waals surface area contributed by atoms with Crippen molar-refractivity contribution in [3.63, 3.8) is 0 Å². The number of hydrogen-bond acceptors (Lipinski definition) is 4. The molecule has 1 aromatic carbocycles. The number of amides is 2. The third kappa shape index (κ3) is 5.43. The van der Waals surface area contributed by atoms with Crippen molar-refractivity contribution in [2.24, 2.45) is 0 Å². The van der Waals surface area contributed by atoms with Gasteiger partial charge in [0, 0.05) is 29.8 Å². The molecule has 2 N–H and O–H groups in total. The summed E-state index contributed by atoms with van der Waals surface area (Å²) in [5.74, 6) is 0.275. The Bertz CT molecular complexity index is 702. The van der Waals surface area contributed by atoms with Crippen molar-refractivity contribution >= 4 is 33.6 Å². The van der Waals surface area contributed by atoms with Gasteiger partial charge in [0.05, 0.1) is 6.54 Å². The molecule has 1 heterocycles. The fourth-order valence-electron chi connectivity index (χ4n) is 2.15. The number of rotatable bonds is 6. The summed E-state index contributed by atoms with van der Waals surface area (Å²) in [6.07, 6.45) is 1.63. The van der Waals surface area contributed by atoms with Gasteiger partial charge in [-0.2, -0.15) is 0 Å². The second-order valence-corrected chi connectivity index (χ2v) is 6.27. The zero-order valence-corrected chi connectivity index (χ0v) is 15.1. The van der Waals surface area contributed by atoms with E-state index in [1.807, 2.05) is 30.1 Å². The summed E-state index contributed by atoms with van der Waals surface area (Å²) in [5, 5.41) is 5.34. The first-order valence-electron chi connectivity index (χ1n) is 7.39. The van der Waals surface area contributed by atoms with Gasteiger partial charge in [-0.3, -0.25) is 14.5 Å². The molecular formula is C17H19BrN4O2. The van der Waals surface area contributed by atoms with E-state index in [1.54, 1.807) is 31.4 Å². The van der Waals surface area contributed by atoms with Crippen LogP contribution in [0.3, 0.4) is 0 Å². The lowest BCUT2D eigenvalue weighted by Crippen LogP contribution is -2.30. The fourth-order valence-corrected chi connectivity index (χ4v) is 2.39. The van der Waals surface area contributed by atoms with Gasteiger partial charge < -0.3 is 10.6 Å². The maximum Gasteiger partial charge on any atom is 0.251 e. The molecule has 2 rings (SSSR count). The second kappa shape index (κ2) is 8.56. The number of nitrogens with zero attached hydrogens (tertiary/aromatic N) is 2. The Kier molecular flexibility index (Phi) is 6.45. The summed E-state index contributed by atoms with van der Waals surface area (Å²) in [6, 6.07) is 10.9. The molecule has 0 saturated heterocycles. The van der Waals surface area contributed by atoms with Crippen LogP contribution < -0.4 is 10.6 Å². The van der Waals surface area contributed by atoms with Gasteiger partial charge in [-0.15, -0.1) is 0 Å². The smallest absolute Gasteiger partial charge is 0.251 e. The molecule has 0 aliphatic carbocycles. The highest BCUT2D eigenvalue weighted by Gasteiger charge is 2.09. The van der Waals surface area contributed by atoms with Crippen molar-refractivity contribution in [1.82, 2.24) is 15.2 Å². The van der Waals surface area contributed by atoms with Gasteiger partial charge in [0.2, 0.25) is 5.91 Å². The highest BCUT2D eigenvalue weighted by atomic mass is 79.9. The SMILES string of the molecule is CNC(=O)c1ccc(CN(C)CC(=O)Nc2ccc(Br)cn2)cc1. The molecule has 24 heavy (non-hydrogen) atoms. The predicted molar refractivity (Wildman–Crippen MR) is 96.7 cm³/mol. The van der Waals surface area contributed by atoms with E-state index in [4.69, 9.17) is 0 Å². The molecule has 0 saturated carbocycles. The normalized spacial score (nSPS) is 10.5. The number of likely N-dealkylation sites (N-methyl/N-ethyl adjacent to an activating group) is 1. The Hall–Kier alpha value is -2.25. The first-order valence-corrected chi connectivity index (χ1v) is 8.18. The molecule has 0 spiro atoms. The van der Waals surface area contributed by atoms with Gasteiger partial charge in [0.15, 0.2) is 0 Å². The van der Waals surface area contributed by atoms with Crippen LogP contribution in [0.4, 0.5) is 5.82 Å². The molecule has 0 atom stereocenters. The number of pyridine rings is 1. The topological polar surface area (TPSA) is 74.3 Å². The van der Waals surface area contributed by atoms with Gasteiger partial charge >= 0.3 is 0 Å². The zero-order chi connectivity index (χ0) is 17.5. The van der Waals surface area contributed by atoms with E-state index in [0.29, 0.717) is 17.9 Å². The number of anilines is 1. The molecule has 0 aliphatic rings. The van der Waals surface area contributed by atoms with E-state index in [-0.39, 0.29) is 18.4 Å². The Morgan fingerprint density at radius 3 is 2.46 bits per heavy atom.